The van der Waals surface area contributed by atoms with Crippen molar-refractivity contribution in [1.29, 1.82) is 0 Å². The number of aryl methyl sites for hydroxylation is 1. The molecule has 0 spiro atoms. The summed E-state index contributed by atoms with van der Waals surface area (Å²) < 4.78 is 36.7. The third kappa shape index (κ3) is 5.33. The van der Waals surface area contributed by atoms with E-state index in [0.717, 1.165) is 15.0 Å². The zero-order chi connectivity index (χ0) is 20.2. The number of sulfonamides is 1. The predicted molar refractivity (Wildman–Crippen MR) is 107 cm³/mol. The normalized spacial score (nSPS) is 12.8. The number of rotatable bonds is 7. The minimum absolute atomic E-state index is 0.343. The van der Waals surface area contributed by atoms with Gasteiger partial charge in [0.1, 0.15) is 23.3 Å². The summed E-state index contributed by atoms with van der Waals surface area (Å²) in [7, 11) is -2.20. The van der Waals surface area contributed by atoms with Crippen LogP contribution in [0.2, 0.25) is 0 Å². The Labute approximate surface area is 166 Å². The second-order valence-corrected chi connectivity index (χ2v) is 8.43. The number of anilines is 1. The molecule has 146 valence electrons. The monoisotopic (exact) mass is 457 g/mol. The van der Waals surface area contributed by atoms with Crippen molar-refractivity contribution in [2.45, 2.75) is 19.9 Å². The molecule has 10 heteroatoms. The number of carbonyl (C=O) groups excluding carboxylic acids is 1. The summed E-state index contributed by atoms with van der Waals surface area (Å²) >= 11 is 3.31. The van der Waals surface area contributed by atoms with Crippen molar-refractivity contribution >= 4 is 43.8 Å². The maximum Gasteiger partial charge on any atom is 0.263 e. The Kier molecular flexibility index (Phi) is 6.66. The van der Waals surface area contributed by atoms with Crippen LogP contribution >= 0.6 is 15.9 Å². The molecule has 0 aliphatic rings. The smallest absolute Gasteiger partial charge is 0.263 e. The lowest BCUT2D eigenvalue weighted by Crippen LogP contribution is -2.46. The van der Waals surface area contributed by atoms with Crippen LogP contribution in [0.3, 0.4) is 0 Å². The maximum absolute atomic E-state index is 12.4. The van der Waals surface area contributed by atoms with Crippen molar-refractivity contribution in [3.05, 3.63) is 46.3 Å². The van der Waals surface area contributed by atoms with Gasteiger partial charge < -0.3 is 9.15 Å². The number of nitrogens with one attached hydrogen (secondary N) is 1. The molecule has 8 nitrogen and oxygen atoms in total. The summed E-state index contributed by atoms with van der Waals surface area (Å²) in [5.74, 6) is 1.12. The van der Waals surface area contributed by atoms with Crippen LogP contribution in [0, 0.1) is 6.92 Å². The molecule has 1 amide bonds. The van der Waals surface area contributed by atoms with E-state index in [0.29, 0.717) is 23.0 Å². The quantitative estimate of drug-likeness (QED) is 0.508. The van der Waals surface area contributed by atoms with Crippen LogP contribution < -0.4 is 14.5 Å². The zero-order valence-corrected chi connectivity index (χ0v) is 17.7. The highest BCUT2D eigenvalue weighted by molar-refractivity contribution is 9.10. The SMILES string of the molecule is COc1ccc(N([C@H](C)C(=O)N/N=C\c2cc(Br)c(C)o2)S(C)(=O)=O)cc1. The number of nitrogens with zero attached hydrogens (tertiary/aromatic N) is 2. The number of amides is 1. The molecule has 0 bridgehead atoms. The number of methoxy groups -OCH3 is 1. The van der Waals surface area contributed by atoms with Crippen LogP contribution in [-0.4, -0.2) is 39.9 Å². The summed E-state index contributed by atoms with van der Waals surface area (Å²) in [4.78, 5) is 12.4. The second kappa shape index (κ2) is 8.57. The highest BCUT2D eigenvalue weighted by atomic mass is 79.9. The Hall–Kier alpha value is -2.33. The van der Waals surface area contributed by atoms with Crippen molar-refractivity contribution in [1.82, 2.24) is 5.43 Å². The Morgan fingerprint density at radius 1 is 1.37 bits per heavy atom. The highest BCUT2D eigenvalue weighted by Crippen LogP contribution is 2.24. The van der Waals surface area contributed by atoms with E-state index in [-0.39, 0.29) is 0 Å². The van der Waals surface area contributed by atoms with Crippen LogP contribution in [0.15, 0.2) is 44.3 Å². The van der Waals surface area contributed by atoms with Crippen molar-refractivity contribution in [3.63, 3.8) is 0 Å². The molecule has 0 fully saturated rings. The molecule has 1 N–H and O–H groups in total. The third-order valence-corrected chi connectivity index (χ3v) is 5.69. The molecule has 0 aliphatic carbocycles. The van der Waals surface area contributed by atoms with Gasteiger partial charge >= 0.3 is 0 Å². The first-order valence-corrected chi connectivity index (χ1v) is 10.5. The predicted octanol–water partition coefficient (Wildman–Crippen LogP) is 2.66. The highest BCUT2D eigenvalue weighted by Gasteiger charge is 2.29. The van der Waals surface area contributed by atoms with E-state index in [1.54, 1.807) is 37.3 Å². The molecule has 0 saturated heterocycles. The van der Waals surface area contributed by atoms with Crippen molar-refractivity contribution < 1.29 is 22.4 Å². The Balaban J connectivity index is 2.16. The average Bonchev–Trinajstić information content (AvgIpc) is 2.92. The Morgan fingerprint density at radius 2 is 2.00 bits per heavy atom. The van der Waals surface area contributed by atoms with Crippen LogP contribution in [0.5, 0.6) is 5.75 Å². The minimum Gasteiger partial charge on any atom is -0.497 e. The van der Waals surface area contributed by atoms with Crippen LogP contribution in [0.25, 0.3) is 0 Å². The molecule has 1 heterocycles. The number of halogens is 1. The average molecular weight is 458 g/mol. The molecule has 1 aromatic heterocycles. The number of carbonyl (C=O) groups is 1. The number of hydrazone groups is 1. The molecule has 0 unspecified atom stereocenters. The lowest BCUT2D eigenvalue weighted by molar-refractivity contribution is -0.121. The number of ether oxygens (including phenoxy) is 1. The van der Waals surface area contributed by atoms with Gasteiger partial charge in [-0.25, -0.2) is 13.8 Å². The lowest BCUT2D eigenvalue weighted by Gasteiger charge is -2.27. The van der Waals surface area contributed by atoms with E-state index in [9.17, 15) is 13.2 Å². The van der Waals surface area contributed by atoms with Gasteiger partial charge in [0.15, 0.2) is 0 Å². The third-order valence-electron chi connectivity index (χ3n) is 3.66. The van der Waals surface area contributed by atoms with Crippen LogP contribution in [-0.2, 0) is 14.8 Å². The largest absolute Gasteiger partial charge is 0.497 e. The van der Waals surface area contributed by atoms with Gasteiger partial charge in [-0.2, -0.15) is 5.10 Å². The Morgan fingerprint density at radius 3 is 2.48 bits per heavy atom. The first-order valence-electron chi connectivity index (χ1n) is 7.85. The molecule has 2 aromatic rings. The molecule has 0 aliphatic heterocycles. The number of hydrogen-bond donors (Lipinski definition) is 1. The minimum atomic E-state index is -3.71. The van der Waals surface area contributed by atoms with Crippen molar-refractivity contribution in [2.24, 2.45) is 5.10 Å². The number of benzene rings is 1. The van der Waals surface area contributed by atoms with E-state index in [4.69, 9.17) is 9.15 Å². The topological polar surface area (TPSA) is 101 Å². The van der Waals surface area contributed by atoms with Crippen molar-refractivity contribution in [2.75, 3.05) is 17.7 Å². The second-order valence-electron chi connectivity index (χ2n) is 5.72. The molecule has 2 rings (SSSR count). The van der Waals surface area contributed by atoms with Gasteiger partial charge in [-0.15, -0.1) is 0 Å². The van der Waals surface area contributed by atoms with E-state index < -0.39 is 22.0 Å². The van der Waals surface area contributed by atoms with E-state index in [2.05, 4.69) is 26.5 Å². The van der Waals surface area contributed by atoms with Crippen LogP contribution in [0.1, 0.15) is 18.4 Å². The van der Waals surface area contributed by atoms with Gasteiger partial charge in [-0.1, -0.05) is 0 Å². The molecule has 1 atom stereocenters. The van der Waals surface area contributed by atoms with Gasteiger partial charge in [0.05, 0.1) is 29.7 Å². The fourth-order valence-corrected chi connectivity index (χ4v) is 3.82. The van der Waals surface area contributed by atoms with Gasteiger partial charge in [0, 0.05) is 6.07 Å². The lowest BCUT2D eigenvalue weighted by atomic mass is 10.2. The van der Waals surface area contributed by atoms with E-state index in [1.807, 2.05) is 0 Å². The first-order chi connectivity index (χ1) is 12.6. The van der Waals surface area contributed by atoms with E-state index in [1.165, 1.54) is 20.2 Å². The molecule has 0 saturated carbocycles. The number of furan rings is 1. The summed E-state index contributed by atoms with van der Waals surface area (Å²) in [6.07, 6.45) is 2.37. The van der Waals surface area contributed by atoms with Gasteiger partial charge in [-0.05, 0) is 54.0 Å². The van der Waals surface area contributed by atoms with E-state index >= 15 is 0 Å². The molecular weight excluding hydrogens is 438 g/mol. The van der Waals surface area contributed by atoms with Gasteiger partial charge in [0.2, 0.25) is 10.0 Å². The number of hydrogen-bond acceptors (Lipinski definition) is 6. The standard InChI is InChI=1S/C17H20BrN3O5S/c1-11(17(22)20-19-10-15-9-16(18)12(2)26-15)21(27(4,23)24)13-5-7-14(25-3)8-6-13/h5-11H,1-4H3,(H,20,22)/b19-10-/t11-/m1/s1. The zero-order valence-electron chi connectivity index (χ0n) is 15.3. The summed E-state index contributed by atoms with van der Waals surface area (Å²) in [6, 6.07) is 7.05. The van der Waals surface area contributed by atoms with Gasteiger partial charge in [-0.3, -0.25) is 9.10 Å². The fraction of sp³-hybridized carbons (Fsp3) is 0.294. The summed E-state index contributed by atoms with van der Waals surface area (Å²) in [5, 5.41) is 3.82. The first kappa shape index (κ1) is 21.0. The molecule has 27 heavy (non-hydrogen) atoms. The Bertz CT molecular complexity index is 918. The molecular formula is C17H20BrN3O5S. The maximum atomic E-state index is 12.4. The molecule has 1 aromatic carbocycles. The summed E-state index contributed by atoms with van der Waals surface area (Å²) in [6.45, 7) is 3.25. The fourth-order valence-electron chi connectivity index (χ4n) is 2.34. The van der Waals surface area contributed by atoms with Gasteiger partial charge in [0.25, 0.3) is 5.91 Å². The molecule has 0 radical (unpaired) electrons. The van der Waals surface area contributed by atoms with Crippen molar-refractivity contribution in [3.8, 4) is 5.75 Å². The summed E-state index contributed by atoms with van der Waals surface area (Å²) in [5.41, 5.74) is 2.67. The van der Waals surface area contributed by atoms with Crippen LogP contribution in [0.4, 0.5) is 5.69 Å².